The molecule has 2 aromatic rings. The maximum atomic E-state index is 16.2. The maximum Gasteiger partial charge on any atom is 0.409 e. The van der Waals surface area contributed by atoms with Crippen LogP contribution in [0.2, 0.25) is 10.0 Å². The van der Waals surface area contributed by atoms with Gasteiger partial charge in [-0.05, 0) is 95.0 Å². The number of nitrogens with one attached hydrogen (secondary N) is 5. The van der Waals surface area contributed by atoms with E-state index in [1.807, 2.05) is 6.92 Å². The number of methoxy groups -OCH3 is 2. The number of rotatable bonds is 25. The molecule has 3 aliphatic rings. The highest BCUT2D eigenvalue weighted by molar-refractivity contribution is 9.09. The average Bonchev–Trinajstić information content (AvgIpc) is 1.59. The van der Waals surface area contributed by atoms with Crippen molar-refractivity contribution in [2.75, 3.05) is 62.3 Å². The number of anilines is 2. The Morgan fingerprint density at radius 3 is 2.33 bits per heavy atom. The lowest BCUT2D eigenvalue weighted by Gasteiger charge is -2.42. The number of epoxide rings is 1. The van der Waals surface area contributed by atoms with Gasteiger partial charge in [-0.1, -0.05) is 99.6 Å². The number of alkyl halides is 2. The number of urea groups is 1. The summed E-state index contributed by atoms with van der Waals surface area (Å²) < 4.78 is 50.9. The summed E-state index contributed by atoms with van der Waals surface area (Å²) in [5, 5.41) is 25.2. The number of carbonyl (C=O) groups is 9. The van der Waals surface area contributed by atoms with Crippen molar-refractivity contribution in [3.63, 3.8) is 0 Å². The molecule has 0 unspecified atom stereocenters. The van der Waals surface area contributed by atoms with Crippen LogP contribution in [0.5, 0.6) is 5.75 Å². The van der Waals surface area contributed by atoms with Gasteiger partial charge in [0.05, 0.1) is 54.1 Å². The molecule has 0 spiro atoms. The number of halogens is 5. The van der Waals surface area contributed by atoms with Crippen LogP contribution in [0.15, 0.2) is 48.1 Å². The number of benzene rings is 2. The van der Waals surface area contributed by atoms with Gasteiger partial charge < -0.3 is 70.3 Å². The first kappa shape index (κ1) is 73.6. The molecule has 0 saturated carbocycles. The molecule has 2 fully saturated rings. The number of fused-ring (bicyclic) bond motifs is 5. The molecule has 0 aromatic heterocycles. The fourth-order valence-corrected chi connectivity index (χ4v) is 12.4. The van der Waals surface area contributed by atoms with Gasteiger partial charge in [0, 0.05) is 57.2 Å². The van der Waals surface area contributed by atoms with E-state index in [0.717, 1.165) is 22.6 Å². The predicted octanol–water partition coefficient (Wildman–Crippen LogP) is 7.14. The number of unbranched alkanes of at least 4 members (excludes halogenated alkanes) is 2. The van der Waals surface area contributed by atoms with Crippen molar-refractivity contribution in [2.45, 2.75) is 153 Å². The number of hydrogen-bond acceptors (Lipinski definition) is 16. The van der Waals surface area contributed by atoms with Crippen molar-refractivity contribution < 1.29 is 81.1 Å². The second-order valence-corrected chi connectivity index (χ2v) is 25.0. The topological polar surface area (TPSA) is 325 Å². The van der Waals surface area contributed by atoms with Gasteiger partial charge in [-0.15, -0.1) is 0 Å². The summed E-state index contributed by atoms with van der Waals surface area (Å²) in [7, 11) is 5.54. The highest BCUT2D eigenvalue weighted by atomic mass is 79.9. The Morgan fingerprint density at radius 2 is 1.69 bits per heavy atom. The number of esters is 2. The Bertz CT molecular complexity index is 3000. The fourth-order valence-electron chi connectivity index (χ4n) is 10.2. The summed E-state index contributed by atoms with van der Waals surface area (Å²) in [6.07, 6.45) is 1.15. The molecule has 10 atom stereocenters. The number of likely N-dealkylation sites (N-methyl/N-ethyl adjacent to an activating group) is 1. The predicted molar refractivity (Wildman–Crippen MR) is 336 cm³/mol. The third-order valence-electron chi connectivity index (χ3n) is 15.9. The van der Waals surface area contributed by atoms with E-state index in [0.29, 0.717) is 41.9 Å². The molecule has 0 radical (unpaired) electrons. The molecule has 5 rings (SSSR count). The van der Waals surface area contributed by atoms with Gasteiger partial charge in [0.1, 0.15) is 58.6 Å². The van der Waals surface area contributed by atoms with Crippen LogP contribution in [0.3, 0.4) is 0 Å². The van der Waals surface area contributed by atoms with E-state index in [9.17, 15) is 48.3 Å². The van der Waals surface area contributed by atoms with Crippen LogP contribution in [-0.4, -0.2) is 170 Å². The number of carbonyl (C=O) groups excluding carboxylic acids is 9. The second-order valence-electron chi connectivity index (χ2n) is 22.9. The molecule has 24 nitrogen and oxygen atoms in total. The third kappa shape index (κ3) is 19.7. The molecule has 89 heavy (non-hydrogen) atoms. The van der Waals surface area contributed by atoms with Crippen LogP contribution in [0.25, 0.3) is 0 Å². The molecular formula is C60H81Br2Cl2FN8O16. The minimum atomic E-state index is -1.95. The molecule has 8 amide bonds. The van der Waals surface area contributed by atoms with E-state index < -0.39 is 137 Å². The zero-order valence-electron chi connectivity index (χ0n) is 51.4. The smallest absolute Gasteiger partial charge is 0.409 e. The minimum Gasteiger partial charge on any atom is -0.495 e. The zero-order valence-corrected chi connectivity index (χ0v) is 56.1. The lowest BCUT2D eigenvalue weighted by molar-refractivity contribution is -0.158. The van der Waals surface area contributed by atoms with Gasteiger partial charge in [0.25, 0.3) is 5.91 Å². The standard InChI is InChI=1S/C60H81Br2Cl2FN8O16/c1-31(2)50(70-47(74)19-12-11-13-21-86-56(80)36(29-61)30-62)53(77)68-40(17-15-20-67-57(66)81)52(76)69-41-26-38(63)37(25-39(41)65)54(78)72(7)34(5)55(79)88-46-27-48(75)73(8)42-23-35(24-43(84-9)49(42)64)22-32(3)16-14-18-45(85-10)60(83)28-44(87-58(82)71-60)33(4)51-59(46,6)89-51/h14,16,18,23-26,31,33-34,36,40,44-46,50-51,83H,11-13,15,17,19-22,27-30H2,1-10H3,(H,68,77)(H,69,76)(H,70,74)(H,71,82)(H3,66,67,81)/b18-14+,32-16+/t33-,34+,40+,44+,45-,46+,50+,51+,59+,60+/m1/s1. The van der Waals surface area contributed by atoms with Crippen LogP contribution >= 0.6 is 55.1 Å². The lowest BCUT2D eigenvalue weighted by Crippen LogP contribution is -2.63. The van der Waals surface area contributed by atoms with Gasteiger partial charge in [-0.2, -0.15) is 0 Å². The molecule has 2 aromatic carbocycles. The van der Waals surface area contributed by atoms with Crippen LogP contribution in [0.4, 0.5) is 25.4 Å². The van der Waals surface area contributed by atoms with E-state index in [4.69, 9.17) is 57.4 Å². The van der Waals surface area contributed by atoms with Crippen molar-refractivity contribution in [1.29, 1.82) is 0 Å². The van der Waals surface area contributed by atoms with Crippen molar-refractivity contribution in [3.8, 4) is 5.75 Å². The average molecular weight is 1420 g/mol. The number of ether oxygens (including phenoxy) is 6. The Morgan fingerprint density at radius 1 is 0.989 bits per heavy atom. The molecule has 492 valence electrons. The Labute approximate surface area is 544 Å². The minimum absolute atomic E-state index is 0.00132. The summed E-state index contributed by atoms with van der Waals surface area (Å²) in [5.74, 6) is -7.36. The molecule has 8 N–H and O–H groups in total. The molecule has 29 heteroatoms. The summed E-state index contributed by atoms with van der Waals surface area (Å²) >= 11 is 20.0. The number of alkyl carbamates (subject to hydrolysis) is 1. The molecule has 3 aliphatic heterocycles. The first-order valence-electron chi connectivity index (χ1n) is 29.0. The van der Waals surface area contributed by atoms with Gasteiger partial charge in [0.15, 0.2) is 5.72 Å². The summed E-state index contributed by atoms with van der Waals surface area (Å²) in [6.45, 7) is 10.1. The van der Waals surface area contributed by atoms with Crippen molar-refractivity contribution in [2.24, 2.45) is 23.5 Å². The molecule has 4 bridgehead atoms. The maximum absolute atomic E-state index is 16.2. The second kappa shape index (κ2) is 33.3. The zero-order chi connectivity index (χ0) is 66.2. The first-order chi connectivity index (χ1) is 41.9. The SMILES string of the molecule is COc1cc2cc(c1Cl)N(C)C(=O)C[C@H](OC(=O)[C@H](C)N(C)C(=O)c1cc(F)c(NC(=O)[C@H](CCCNC(N)=O)NC(=O)[C@@H](NC(=O)CCCCCOC(=O)C(CBr)CBr)C(C)C)cc1Cl)[C@]1(C)O[C@H]1[C@H](C)[C@@H]1C[C@@](O)(NC(=O)O1)[C@H](OC)/C=C/C=C(\C)C2. The van der Waals surface area contributed by atoms with Gasteiger partial charge in [-0.3, -0.25) is 34.1 Å². The van der Waals surface area contributed by atoms with E-state index in [1.165, 1.54) is 40.1 Å². The largest absolute Gasteiger partial charge is 0.495 e. The quantitative estimate of drug-likeness (QED) is 0.0171. The van der Waals surface area contributed by atoms with Crippen LogP contribution in [0.1, 0.15) is 109 Å². The van der Waals surface area contributed by atoms with E-state index >= 15 is 4.39 Å². The Balaban J connectivity index is 1.34. The summed E-state index contributed by atoms with van der Waals surface area (Å²) in [5.41, 5.74) is 2.75. The van der Waals surface area contributed by atoms with Crippen LogP contribution < -0.4 is 42.0 Å². The number of hydrogen-bond donors (Lipinski definition) is 7. The number of nitrogens with two attached hydrogens (primary N) is 1. The Hall–Kier alpha value is -6.10. The van der Waals surface area contributed by atoms with E-state index in [1.54, 1.807) is 58.1 Å². The van der Waals surface area contributed by atoms with Gasteiger partial charge in [-0.25, -0.2) is 18.8 Å². The molecule has 3 heterocycles. The highest BCUT2D eigenvalue weighted by Gasteiger charge is 2.64. The monoisotopic (exact) mass is 1420 g/mol. The summed E-state index contributed by atoms with van der Waals surface area (Å²) in [4.78, 5) is 123. The number of aliphatic hydroxyl groups is 1. The van der Waals surface area contributed by atoms with E-state index in [-0.39, 0.29) is 72.2 Å². The fraction of sp³-hybridized carbons (Fsp3) is 0.583. The first-order valence-corrected chi connectivity index (χ1v) is 32.0. The molecular weight excluding hydrogens is 1340 g/mol. The molecule has 2 saturated heterocycles. The third-order valence-corrected chi connectivity index (χ3v) is 18.1. The number of nitrogens with zero attached hydrogens (tertiary/aromatic N) is 2. The van der Waals surface area contributed by atoms with Gasteiger partial charge in [0.2, 0.25) is 23.6 Å². The van der Waals surface area contributed by atoms with Gasteiger partial charge >= 0.3 is 24.1 Å². The number of amides is 8. The molecule has 0 aliphatic carbocycles. The van der Waals surface area contributed by atoms with Crippen LogP contribution in [0, 0.1) is 23.6 Å². The highest BCUT2D eigenvalue weighted by Crippen LogP contribution is 2.49. The Kier molecular flexibility index (Phi) is 27.5. The number of primary amides is 1. The van der Waals surface area contributed by atoms with Crippen LogP contribution in [-0.2, 0) is 58.9 Å². The van der Waals surface area contributed by atoms with Crippen molar-refractivity contribution in [1.82, 2.24) is 26.2 Å². The normalized spacial score (nSPS) is 23.8. The van der Waals surface area contributed by atoms with Crippen molar-refractivity contribution in [3.05, 3.63) is 75.1 Å². The van der Waals surface area contributed by atoms with Crippen molar-refractivity contribution >= 4 is 120 Å². The lowest BCUT2D eigenvalue weighted by atomic mass is 9.83. The van der Waals surface area contributed by atoms with E-state index in [2.05, 4.69) is 58.4 Å². The summed E-state index contributed by atoms with van der Waals surface area (Å²) in [6, 6.07) is 0.404. The number of allylic oxidation sites excluding steroid dienone is 3.